The Morgan fingerprint density at radius 2 is 1.61 bits per heavy atom. The molecule has 2 amide bonds. The quantitative estimate of drug-likeness (QED) is 0.729. The molecule has 0 heterocycles. The van der Waals surface area contributed by atoms with Crippen LogP contribution in [0.5, 0.6) is 0 Å². The summed E-state index contributed by atoms with van der Waals surface area (Å²) in [7, 11) is 7.34. The number of amides is 2. The number of carboxylic acids is 1. The van der Waals surface area contributed by atoms with Crippen LogP contribution in [0.2, 0.25) is 0 Å². The largest absolute Gasteiger partial charge is 0.481 e. The van der Waals surface area contributed by atoms with E-state index in [0.29, 0.717) is 6.54 Å². The molecule has 0 saturated carbocycles. The van der Waals surface area contributed by atoms with Crippen molar-refractivity contribution in [1.29, 1.82) is 0 Å². The van der Waals surface area contributed by atoms with Crippen molar-refractivity contribution in [2.75, 3.05) is 47.8 Å². The molecule has 1 unspecified atom stereocenters. The van der Waals surface area contributed by atoms with Gasteiger partial charge in [-0.2, -0.15) is 0 Å². The van der Waals surface area contributed by atoms with Gasteiger partial charge in [-0.05, 0) is 27.1 Å². The summed E-state index contributed by atoms with van der Waals surface area (Å²) < 4.78 is 0. The lowest BCUT2D eigenvalue weighted by molar-refractivity contribution is -0.141. The first-order valence-electron chi connectivity index (χ1n) is 6.09. The molecule has 0 fully saturated rings. The van der Waals surface area contributed by atoms with E-state index < -0.39 is 11.9 Å². The van der Waals surface area contributed by atoms with Gasteiger partial charge in [0, 0.05) is 27.2 Å². The maximum Gasteiger partial charge on any atom is 0.319 e. The number of urea groups is 1. The average Bonchev–Trinajstić information content (AvgIpc) is 2.26. The van der Waals surface area contributed by atoms with Crippen LogP contribution in [0, 0.1) is 5.92 Å². The summed E-state index contributed by atoms with van der Waals surface area (Å²) in [5, 5.41) is 8.80. The molecule has 6 heteroatoms. The van der Waals surface area contributed by atoms with Crippen LogP contribution >= 0.6 is 0 Å². The third-order valence-electron chi connectivity index (χ3n) is 2.72. The maximum absolute atomic E-state index is 11.9. The van der Waals surface area contributed by atoms with Gasteiger partial charge in [0.05, 0.1) is 5.92 Å². The fourth-order valence-corrected chi connectivity index (χ4v) is 1.58. The fourth-order valence-electron chi connectivity index (χ4n) is 1.58. The van der Waals surface area contributed by atoms with Crippen molar-refractivity contribution in [3.63, 3.8) is 0 Å². The minimum absolute atomic E-state index is 0.137. The number of rotatable bonds is 7. The number of carbonyl (C=O) groups excluding carboxylic acids is 1. The lowest BCUT2D eigenvalue weighted by Gasteiger charge is -2.26. The summed E-state index contributed by atoms with van der Waals surface area (Å²) in [6.07, 6.45) is 0.900. The second kappa shape index (κ2) is 7.92. The van der Waals surface area contributed by atoms with Crippen LogP contribution in [-0.2, 0) is 4.79 Å². The van der Waals surface area contributed by atoms with Crippen LogP contribution in [0.15, 0.2) is 0 Å². The van der Waals surface area contributed by atoms with Crippen LogP contribution in [-0.4, -0.2) is 79.6 Å². The molecular weight excluding hydrogens is 234 g/mol. The number of nitrogens with zero attached hydrogens (tertiary/aromatic N) is 3. The number of hydrogen-bond acceptors (Lipinski definition) is 3. The summed E-state index contributed by atoms with van der Waals surface area (Å²) in [5.74, 6) is -1.43. The first-order valence-corrected chi connectivity index (χ1v) is 6.09. The standard InChI is InChI=1S/C12H25N3O3/c1-10(11(16)17)9-15(5)12(18)14(4)8-6-7-13(2)3/h10H,6-9H2,1-5H3,(H,16,17). The number of carbonyl (C=O) groups is 2. The highest BCUT2D eigenvalue weighted by atomic mass is 16.4. The third-order valence-corrected chi connectivity index (χ3v) is 2.72. The number of carboxylic acid groups (broad SMARTS) is 1. The van der Waals surface area contributed by atoms with Crippen molar-refractivity contribution in [1.82, 2.24) is 14.7 Å². The van der Waals surface area contributed by atoms with E-state index in [0.717, 1.165) is 13.0 Å². The Labute approximate surface area is 109 Å². The van der Waals surface area contributed by atoms with E-state index in [1.807, 2.05) is 14.1 Å². The lowest BCUT2D eigenvalue weighted by atomic mass is 10.2. The van der Waals surface area contributed by atoms with Crippen molar-refractivity contribution in [3.05, 3.63) is 0 Å². The zero-order valence-electron chi connectivity index (χ0n) is 12.0. The maximum atomic E-state index is 11.9. The monoisotopic (exact) mass is 259 g/mol. The molecule has 0 radical (unpaired) electrons. The molecule has 0 aromatic carbocycles. The molecule has 0 saturated heterocycles. The van der Waals surface area contributed by atoms with E-state index in [9.17, 15) is 9.59 Å². The van der Waals surface area contributed by atoms with Gasteiger partial charge in [-0.25, -0.2) is 4.79 Å². The van der Waals surface area contributed by atoms with E-state index in [1.165, 1.54) is 4.90 Å². The molecule has 0 aromatic rings. The molecule has 0 aliphatic heterocycles. The van der Waals surface area contributed by atoms with E-state index in [-0.39, 0.29) is 12.6 Å². The minimum Gasteiger partial charge on any atom is -0.481 e. The Balaban J connectivity index is 4.08. The summed E-state index contributed by atoms with van der Waals surface area (Å²) in [6, 6.07) is -0.137. The van der Waals surface area contributed by atoms with Gasteiger partial charge in [-0.1, -0.05) is 6.92 Å². The molecule has 6 nitrogen and oxygen atoms in total. The Morgan fingerprint density at radius 1 is 1.06 bits per heavy atom. The Hall–Kier alpha value is -1.30. The van der Waals surface area contributed by atoms with Gasteiger partial charge in [0.2, 0.25) is 0 Å². The smallest absolute Gasteiger partial charge is 0.319 e. The SMILES string of the molecule is CC(CN(C)C(=O)N(C)CCCN(C)C)C(=O)O. The highest BCUT2D eigenvalue weighted by Crippen LogP contribution is 2.02. The highest BCUT2D eigenvalue weighted by molar-refractivity contribution is 5.75. The topological polar surface area (TPSA) is 64.1 Å². The molecule has 1 atom stereocenters. The van der Waals surface area contributed by atoms with Crippen molar-refractivity contribution >= 4 is 12.0 Å². The molecule has 0 spiro atoms. The summed E-state index contributed by atoms with van der Waals surface area (Å²) in [4.78, 5) is 27.8. The fraction of sp³-hybridized carbons (Fsp3) is 0.833. The summed E-state index contributed by atoms with van der Waals surface area (Å²) in [6.45, 7) is 3.42. The zero-order valence-corrected chi connectivity index (χ0v) is 12.0. The molecular formula is C12H25N3O3. The van der Waals surface area contributed by atoms with Crippen LogP contribution < -0.4 is 0 Å². The Kier molecular flexibility index (Phi) is 7.35. The first kappa shape index (κ1) is 16.7. The number of aliphatic carboxylic acids is 1. The van der Waals surface area contributed by atoms with Crippen molar-refractivity contribution < 1.29 is 14.7 Å². The van der Waals surface area contributed by atoms with Gasteiger partial charge < -0.3 is 19.8 Å². The zero-order chi connectivity index (χ0) is 14.3. The van der Waals surface area contributed by atoms with Crippen LogP contribution in [0.4, 0.5) is 4.79 Å². The van der Waals surface area contributed by atoms with Crippen molar-refractivity contribution in [2.45, 2.75) is 13.3 Å². The van der Waals surface area contributed by atoms with Crippen LogP contribution in [0.25, 0.3) is 0 Å². The molecule has 106 valence electrons. The van der Waals surface area contributed by atoms with Gasteiger partial charge in [0.25, 0.3) is 0 Å². The molecule has 0 aromatic heterocycles. The van der Waals surface area contributed by atoms with Gasteiger partial charge in [-0.3, -0.25) is 4.79 Å². The van der Waals surface area contributed by atoms with E-state index >= 15 is 0 Å². The molecule has 1 N–H and O–H groups in total. The predicted molar refractivity (Wildman–Crippen MR) is 70.6 cm³/mol. The summed E-state index contributed by atoms with van der Waals surface area (Å²) >= 11 is 0. The third kappa shape index (κ3) is 6.44. The summed E-state index contributed by atoms with van der Waals surface area (Å²) in [5.41, 5.74) is 0. The molecule has 0 aliphatic rings. The second-order valence-electron chi connectivity index (χ2n) is 4.98. The average molecular weight is 259 g/mol. The lowest BCUT2D eigenvalue weighted by Crippen LogP contribution is -2.42. The number of hydrogen-bond donors (Lipinski definition) is 1. The predicted octanol–water partition coefficient (Wildman–Crippen LogP) is 0.642. The van der Waals surface area contributed by atoms with Gasteiger partial charge in [-0.15, -0.1) is 0 Å². The van der Waals surface area contributed by atoms with Gasteiger partial charge in [0.1, 0.15) is 0 Å². The van der Waals surface area contributed by atoms with Crippen LogP contribution in [0.1, 0.15) is 13.3 Å². The van der Waals surface area contributed by atoms with Crippen molar-refractivity contribution in [3.8, 4) is 0 Å². The molecule has 18 heavy (non-hydrogen) atoms. The van der Waals surface area contributed by atoms with Gasteiger partial charge >= 0.3 is 12.0 Å². The van der Waals surface area contributed by atoms with E-state index in [1.54, 1.807) is 25.9 Å². The van der Waals surface area contributed by atoms with Gasteiger partial charge in [0.15, 0.2) is 0 Å². The first-order chi connectivity index (χ1) is 8.25. The highest BCUT2D eigenvalue weighted by Gasteiger charge is 2.19. The van der Waals surface area contributed by atoms with E-state index in [4.69, 9.17) is 5.11 Å². The van der Waals surface area contributed by atoms with Crippen molar-refractivity contribution in [2.24, 2.45) is 5.92 Å². The second-order valence-corrected chi connectivity index (χ2v) is 4.98. The molecule has 0 rings (SSSR count). The minimum atomic E-state index is -0.884. The van der Waals surface area contributed by atoms with E-state index in [2.05, 4.69) is 4.90 Å². The Bertz CT molecular complexity index is 282. The molecule has 0 bridgehead atoms. The Morgan fingerprint density at radius 3 is 2.06 bits per heavy atom. The molecule has 0 aliphatic carbocycles. The van der Waals surface area contributed by atoms with Crippen LogP contribution in [0.3, 0.4) is 0 Å². The normalized spacial score (nSPS) is 12.3.